The quantitative estimate of drug-likeness (QED) is 0.385. The Hall–Kier alpha value is -2.45. The van der Waals surface area contributed by atoms with Crippen molar-refractivity contribution >= 4 is 67.8 Å². The summed E-state index contributed by atoms with van der Waals surface area (Å²) in [5.74, 6) is 0.487. The van der Waals surface area contributed by atoms with Crippen LogP contribution in [0, 0.1) is 6.92 Å². The maximum Gasteiger partial charge on any atom is 0.290 e. The lowest BCUT2D eigenvalue weighted by molar-refractivity contribution is 0.841. The highest BCUT2D eigenvalue weighted by Gasteiger charge is 2.14. The fourth-order valence-corrected chi connectivity index (χ4v) is 4.38. The van der Waals surface area contributed by atoms with Crippen molar-refractivity contribution in [2.75, 3.05) is 10.7 Å². The van der Waals surface area contributed by atoms with Gasteiger partial charge in [0.2, 0.25) is 0 Å². The molecule has 5 nitrogen and oxygen atoms in total. The Bertz CT molecular complexity index is 1290. The molecular weight excluding hydrogens is 447 g/mol. The van der Waals surface area contributed by atoms with Crippen LogP contribution in [0.25, 0.3) is 20.7 Å². The van der Waals surface area contributed by atoms with Gasteiger partial charge in [0.15, 0.2) is 5.11 Å². The first-order valence-corrected chi connectivity index (χ1v) is 10.5. The summed E-state index contributed by atoms with van der Waals surface area (Å²) in [5, 5.41) is 4.12. The monoisotopic (exact) mass is 460 g/mol. The Balaban J connectivity index is 1.66. The van der Waals surface area contributed by atoms with Crippen LogP contribution in [-0.4, -0.2) is 14.8 Å². The van der Waals surface area contributed by atoms with E-state index in [1.54, 1.807) is 25.1 Å². The summed E-state index contributed by atoms with van der Waals surface area (Å²) in [6.45, 7) is 1.74. The molecule has 4 rings (SSSR count). The number of hydrogen-bond donors (Lipinski definition) is 2. The molecular formula is C20H14Cl2N4OS2. The number of aromatic nitrogens is 2. The van der Waals surface area contributed by atoms with Crippen molar-refractivity contribution < 1.29 is 0 Å². The lowest BCUT2D eigenvalue weighted by atomic mass is 10.2. The highest BCUT2D eigenvalue weighted by atomic mass is 35.5. The van der Waals surface area contributed by atoms with Crippen LogP contribution < -0.4 is 16.3 Å². The van der Waals surface area contributed by atoms with Gasteiger partial charge in [-0.15, -0.1) is 11.3 Å². The summed E-state index contributed by atoms with van der Waals surface area (Å²) in [4.78, 5) is 18.6. The third kappa shape index (κ3) is 4.13. The largest absolute Gasteiger partial charge is 0.330 e. The Morgan fingerprint density at radius 2 is 1.90 bits per heavy atom. The molecule has 0 spiro atoms. The van der Waals surface area contributed by atoms with Crippen LogP contribution in [0.3, 0.4) is 0 Å². The first-order chi connectivity index (χ1) is 13.9. The summed E-state index contributed by atoms with van der Waals surface area (Å²) in [6.07, 6.45) is 0. The van der Waals surface area contributed by atoms with E-state index in [4.69, 9.17) is 35.4 Å². The molecule has 2 heterocycles. The second-order valence-electron chi connectivity index (χ2n) is 6.18. The molecule has 0 bridgehead atoms. The molecule has 0 fully saturated rings. The summed E-state index contributed by atoms with van der Waals surface area (Å²) in [5.41, 5.74) is 4.90. The van der Waals surface area contributed by atoms with Crippen LogP contribution in [0.2, 0.25) is 10.0 Å². The number of hydrogen-bond acceptors (Lipinski definition) is 4. The fraction of sp³-hybridized carbons (Fsp3) is 0.0500. The molecule has 29 heavy (non-hydrogen) atoms. The molecule has 0 unspecified atom stereocenters. The average Bonchev–Trinajstić information content (AvgIpc) is 3.13. The topological polar surface area (TPSA) is 59.0 Å². The maximum atomic E-state index is 13.0. The van der Waals surface area contributed by atoms with Crippen molar-refractivity contribution in [3.05, 3.63) is 80.8 Å². The molecule has 2 aromatic carbocycles. The average molecular weight is 461 g/mol. The number of fused-ring (bicyclic) bond motifs is 1. The van der Waals surface area contributed by atoms with Crippen LogP contribution in [0.15, 0.2) is 59.4 Å². The minimum atomic E-state index is -0.221. The van der Waals surface area contributed by atoms with E-state index in [1.807, 2.05) is 36.4 Å². The fourth-order valence-electron chi connectivity index (χ4n) is 2.81. The van der Waals surface area contributed by atoms with Crippen LogP contribution in [0.4, 0.5) is 5.69 Å². The Kier molecular flexibility index (Phi) is 5.56. The number of thiophene rings is 1. The van der Waals surface area contributed by atoms with Gasteiger partial charge in [-0.25, -0.2) is 9.66 Å². The van der Waals surface area contributed by atoms with E-state index < -0.39 is 0 Å². The van der Waals surface area contributed by atoms with E-state index in [9.17, 15) is 4.79 Å². The van der Waals surface area contributed by atoms with Crippen molar-refractivity contribution in [3.63, 3.8) is 0 Å². The molecule has 0 saturated heterocycles. The van der Waals surface area contributed by atoms with Gasteiger partial charge in [0.25, 0.3) is 5.56 Å². The number of thiocarbonyl (C=S) groups is 1. The molecule has 2 N–H and O–H groups in total. The summed E-state index contributed by atoms with van der Waals surface area (Å²) in [6, 6.07) is 16.8. The van der Waals surface area contributed by atoms with Gasteiger partial charge in [-0.3, -0.25) is 10.2 Å². The van der Waals surface area contributed by atoms with Crippen LogP contribution in [0.1, 0.15) is 5.82 Å². The second-order valence-corrected chi connectivity index (χ2v) is 8.48. The highest BCUT2D eigenvalue weighted by molar-refractivity contribution is 7.80. The molecule has 0 atom stereocenters. The molecule has 0 radical (unpaired) electrons. The van der Waals surface area contributed by atoms with E-state index in [0.717, 1.165) is 10.4 Å². The zero-order valence-electron chi connectivity index (χ0n) is 15.1. The molecule has 9 heteroatoms. The van der Waals surface area contributed by atoms with Crippen molar-refractivity contribution in [1.82, 2.24) is 9.66 Å². The molecule has 0 aliphatic heterocycles. The van der Waals surface area contributed by atoms with E-state index in [0.29, 0.717) is 31.8 Å². The lowest BCUT2D eigenvalue weighted by Crippen LogP contribution is -2.37. The zero-order valence-corrected chi connectivity index (χ0v) is 18.2. The summed E-state index contributed by atoms with van der Waals surface area (Å²) in [7, 11) is 0. The van der Waals surface area contributed by atoms with Crippen LogP contribution in [0.5, 0.6) is 0 Å². The Morgan fingerprint density at radius 1 is 1.14 bits per heavy atom. The van der Waals surface area contributed by atoms with E-state index in [1.165, 1.54) is 16.0 Å². The lowest BCUT2D eigenvalue weighted by Gasteiger charge is -2.15. The second kappa shape index (κ2) is 8.12. The number of rotatable bonds is 3. The van der Waals surface area contributed by atoms with Gasteiger partial charge in [-0.05, 0) is 49.0 Å². The van der Waals surface area contributed by atoms with Gasteiger partial charge in [0.05, 0.1) is 16.2 Å². The van der Waals surface area contributed by atoms with Gasteiger partial charge in [-0.1, -0.05) is 53.5 Å². The van der Waals surface area contributed by atoms with Crippen molar-refractivity contribution in [2.45, 2.75) is 6.92 Å². The first kappa shape index (κ1) is 19.8. The SMILES string of the molecule is Cc1nc2cc(-c3ccccc3)sc2c(=O)n1NC(=S)Nc1cc(Cl)ccc1Cl. The molecule has 0 saturated carbocycles. The summed E-state index contributed by atoms with van der Waals surface area (Å²) < 4.78 is 1.87. The standard InChI is InChI=1S/C20H14Cl2N4OS2/c1-11-23-16-10-17(12-5-3-2-4-6-12)29-18(16)19(27)26(11)25-20(28)24-15-9-13(21)7-8-14(15)22/h2-10H,1H3,(H2,24,25,28). The van der Waals surface area contributed by atoms with Crippen molar-refractivity contribution in [3.8, 4) is 10.4 Å². The maximum absolute atomic E-state index is 13.0. The Labute approximate surface area is 185 Å². The normalized spacial score (nSPS) is 10.9. The number of halogens is 2. The molecule has 146 valence electrons. The number of benzene rings is 2. The van der Waals surface area contributed by atoms with Gasteiger partial charge < -0.3 is 5.32 Å². The van der Waals surface area contributed by atoms with Crippen LogP contribution >= 0.6 is 46.8 Å². The molecule has 4 aromatic rings. The van der Waals surface area contributed by atoms with E-state index in [-0.39, 0.29) is 10.7 Å². The summed E-state index contributed by atoms with van der Waals surface area (Å²) >= 11 is 18.9. The molecule has 2 aromatic heterocycles. The van der Waals surface area contributed by atoms with Crippen molar-refractivity contribution in [2.24, 2.45) is 0 Å². The third-order valence-electron chi connectivity index (χ3n) is 4.16. The third-order valence-corrected chi connectivity index (χ3v) is 6.08. The van der Waals surface area contributed by atoms with Gasteiger partial charge in [0.1, 0.15) is 10.5 Å². The van der Waals surface area contributed by atoms with Crippen LogP contribution in [-0.2, 0) is 0 Å². The zero-order chi connectivity index (χ0) is 20.5. The molecule has 0 amide bonds. The number of aryl methyl sites for hydroxylation is 1. The highest BCUT2D eigenvalue weighted by Crippen LogP contribution is 2.30. The molecule has 0 aliphatic carbocycles. The van der Waals surface area contributed by atoms with Gasteiger partial charge in [-0.2, -0.15) is 0 Å². The number of nitrogens with one attached hydrogen (secondary N) is 2. The predicted octanol–water partition coefficient (Wildman–Crippen LogP) is 5.68. The minimum Gasteiger partial charge on any atom is -0.330 e. The van der Waals surface area contributed by atoms with E-state index >= 15 is 0 Å². The molecule has 0 aliphatic rings. The van der Waals surface area contributed by atoms with E-state index in [2.05, 4.69) is 15.7 Å². The minimum absolute atomic E-state index is 0.195. The Morgan fingerprint density at radius 3 is 2.66 bits per heavy atom. The number of nitrogens with zero attached hydrogens (tertiary/aromatic N) is 2. The van der Waals surface area contributed by atoms with Gasteiger partial charge >= 0.3 is 0 Å². The van der Waals surface area contributed by atoms with Crippen molar-refractivity contribution in [1.29, 1.82) is 0 Å². The predicted molar refractivity (Wildman–Crippen MR) is 126 cm³/mol. The van der Waals surface area contributed by atoms with Gasteiger partial charge in [0, 0.05) is 9.90 Å². The number of anilines is 1. The first-order valence-electron chi connectivity index (χ1n) is 8.54. The smallest absolute Gasteiger partial charge is 0.290 e.